The van der Waals surface area contributed by atoms with Crippen LogP contribution in [0.5, 0.6) is 0 Å². The summed E-state index contributed by atoms with van der Waals surface area (Å²) in [4.78, 5) is 13.4. The third-order valence-electron chi connectivity index (χ3n) is 3.43. The first kappa shape index (κ1) is 14.9. The van der Waals surface area contributed by atoms with Crippen LogP contribution in [-0.2, 0) is 16.0 Å². The number of rotatable bonds is 5. The predicted octanol–water partition coefficient (Wildman–Crippen LogP) is 2.22. The van der Waals surface area contributed by atoms with Gasteiger partial charge < -0.3 is 9.47 Å². The van der Waals surface area contributed by atoms with E-state index >= 15 is 0 Å². The van der Waals surface area contributed by atoms with Crippen molar-refractivity contribution in [3.05, 3.63) is 35.1 Å². The highest BCUT2D eigenvalue weighted by molar-refractivity contribution is 5.89. The second-order valence-corrected chi connectivity index (χ2v) is 5.14. The second kappa shape index (κ2) is 6.81. The van der Waals surface area contributed by atoms with E-state index in [0.29, 0.717) is 6.54 Å². The largest absolute Gasteiger partial charge is 0.465 e. The molecule has 110 valence electrons. The molecule has 2 rings (SSSR count). The smallest absolute Gasteiger partial charge is 0.340 e. The summed E-state index contributed by atoms with van der Waals surface area (Å²) >= 11 is 0. The van der Waals surface area contributed by atoms with Gasteiger partial charge in [-0.05, 0) is 37.6 Å². The minimum absolute atomic E-state index is 0.0296. The summed E-state index contributed by atoms with van der Waals surface area (Å²) < 4.78 is 23.9. The van der Waals surface area contributed by atoms with E-state index in [0.717, 1.165) is 31.6 Å². The van der Waals surface area contributed by atoms with Gasteiger partial charge in [0.2, 0.25) is 0 Å². The second-order valence-electron chi connectivity index (χ2n) is 5.14. The molecule has 5 heteroatoms. The van der Waals surface area contributed by atoms with Gasteiger partial charge in [-0.15, -0.1) is 0 Å². The summed E-state index contributed by atoms with van der Waals surface area (Å²) in [6.45, 7) is 2.29. The highest BCUT2D eigenvalue weighted by Crippen LogP contribution is 2.16. The fraction of sp³-hybridized carbons (Fsp3) is 0.533. The van der Waals surface area contributed by atoms with Crippen molar-refractivity contribution in [1.29, 1.82) is 0 Å². The SMILES string of the molecule is COC(=O)c1ccc(CN(C)CC2CCCO2)cc1F. The van der Waals surface area contributed by atoms with Crippen molar-refractivity contribution in [2.45, 2.75) is 25.5 Å². The quantitative estimate of drug-likeness (QED) is 0.776. The topological polar surface area (TPSA) is 38.8 Å². The molecule has 1 aromatic carbocycles. The van der Waals surface area contributed by atoms with Crippen LogP contribution in [0.1, 0.15) is 28.8 Å². The van der Waals surface area contributed by atoms with E-state index in [1.165, 1.54) is 19.2 Å². The van der Waals surface area contributed by atoms with Crippen molar-refractivity contribution in [3.8, 4) is 0 Å². The van der Waals surface area contributed by atoms with Crippen LogP contribution in [0.25, 0.3) is 0 Å². The van der Waals surface area contributed by atoms with Gasteiger partial charge in [-0.1, -0.05) is 6.07 Å². The van der Waals surface area contributed by atoms with Gasteiger partial charge in [0.15, 0.2) is 0 Å². The lowest BCUT2D eigenvalue weighted by Crippen LogP contribution is -2.28. The molecule has 0 N–H and O–H groups in total. The average Bonchev–Trinajstić information content (AvgIpc) is 2.90. The van der Waals surface area contributed by atoms with Crippen LogP contribution in [-0.4, -0.2) is 44.3 Å². The Bertz CT molecular complexity index is 472. The molecule has 0 aliphatic carbocycles. The van der Waals surface area contributed by atoms with E-state index < -0.39 is 11.8 Å². The third-order valence-corrected chi connectivity index (χ3v) is 3.43. The van der Waals surface area contributed by atoms with Crippen LogP contribution in [0.2, 0.25) is 0 Å². The number of hydrogen-bond donors (Lipinski definition) is 0. The number of likely N-dealkylation sites (N-methyl/N-ethyl adjacent to an activating group) is 1. The molecular formula is C15H20FNO3. The lowest BCUT2D eigenvalue weighted by Gasteiger charge is -2.20. The molecule has 0 bridgehead atoms. The molecule has 0 spiro atoms. The molecule has 0 amide bonds. The molecule has 1 aromatic rings. The van der Waals surface area contributed by atoms with Crippen molar-refractivity contribution < 1.29 is 18.7 Å². The molecule has 4 nitrogen and oxygen atoms in total. The normalized spacial score (nSPS) is 18.5. The maximum atomic E-state index is 13.8. The van der Waals surface area contributed by atoms with Crippen molar-refractivity contribution >= 4 is 5.97 Å². The van der Waals surface area contributed by atoms with Gasteiger partial charge in [-0.25, -0.2) is 9.18 Å². The molecule has 1 heterocycles. The maximum absolute atomic E-state index is 13.8. The zero-order valence-electron chi connectivity index (χ0n) is 11.9. The number of hydrogen-bond acceptors (Lipinski definition) is 4. The Morgan fingerprint density at radius 3 is 2.95 bits per heavy atom. The number of ether oxygens (including phenoxy) is 2. The minimum Gasteiger partial charge on any atom is -0.465 e. The summed E-state index contributed by atoms with van der Waals surface area (Å²) in [5, 5.41) is 0. The molecule has 1 saturated heterocycles. The highest BCUT2D eigenvalue weighted by atomic mass is 19.1. The van der Waals surface area contributed by atoms with Crippen molar-refractivity contribution in [3.63, 3.8) is 0 Å². The number of nitrogens with zero attached hydrogens (tertiary/aromatic N) is 1. The molecule has 1 aliphatic rings. The zero-order chi connectivity index (χ0) is 14.5. The Morgan fingerprint density at radius 1 is 1.55 bits per heavy atom. The monoisotopic (exact) mass is 281 g/mol. The van der Waals surface area contributed by atoms with Gasteiger partial charge in [-0.3, -0.25) is 4.90 Å². The Morgan fingerprint density at radius 2 is 2.35 bits per heavy atom. The van der Waals surface area contributed by atoms with Crippen LogP contribution in [0.4, 0.5) is 4.39 Å². The number of esters is 1. The third kappa shape index (κ3) is 3.77. The molecule has 0 aromatic heterocycles. The van der Waals surface area contributed by atoms with Crippen molar-refractivity contribution in [2.75, 3.05) is 27.3 Å². The number of carbonyl (C=O) groups excluding carboxylic acids is 1. The zero-order valence-corrected chi connectivity index (χ0v) is 11.9. The minimum atomic E-state index is -0.651. The van der Waals surface area contributed by atoms with Crippen molar-refractivity contribution in [2.24, 2.45) is 0 Å². The van der Waals surface area contributed by atoms with Gasteiger partial charge in [0.25, 0.3) is 0 Å². The summed E-state index contributed by atoms with van der Waals surface area (Å²) in [6.07, 6.45) is 2.47. The summed E-state index contributed by atoms with van der Waals surface area (Å²) in [7, 11) is 3.22. The number of methoxy groups -OCH3 is 1. The van der Waals surface area contributed by atoms with Crippen LogP contribution < -0.4 is 0 Å². The molecule has 1 aliphatic heterocycles. The Hall–Kier alpha value is -1.46. The first-order valence-electron chi connectivity index (χ1n) is 6.77. The molecule has 0 saturated carbocycles. The van der Waals surface area contributed by atoms with E-state index in [1.807, 2.05) is 7.05 Å². The standard InChI is InChI=1S/C15H20FNO3/c1-17(10-12-4-3-7-20-12)9-11-5-6-13(14(16)8-11)15(18)19-2/h5-6,8,12H,3-4,7,9-10H2,1-2H3. The van der Waals surface area contributed by atoms with Crippen LogP contribution in [0, 0.1) is 5.82 Å². The molecule has 1 fully saturated rings. The molecule has 20 heavy (non-hydrogen) atoms. The first-order valence-corrected chi connectivity index (χ1v) is 6.77. The molecule has 1 unspecified atom stereocenters. The molecule has 0 radical (unpaired) electrons. The average molecular weight is 281 g/mol. The number of carbonyl (C=O) groups is 1. The Balaban J connectivity index is 1.95. The van der Waals surface area contributed by atoms with Crippen LogP contribution in [0.3, 0.4) is 0 Å². The highest BCUT2D eigenvalue weighted by Gasteiger charge is 2.18. The fourth-order valence-corrected chi connectivity index (χ4v) is 2.44. The van der Waals surface area contributed by atoms with Gasteiger partial charge in [0.1, 0.15) is 5.82 Å². The van der Waals surface area contributed by atoms with E-state index in [1.54, 1.807) is 6.07 Å². The van der Waals surface area contributed by atoms with E-state index in [-0.39, 0.29) is 11.7 Å². The predicted molar refractivity (Wildman–Crippen MR) is 73.0 cm³/mol. The Kier molecular flexibility index (Phi) is 5.09. The van der Waals surface area contributed by atoms with Gasteiger partial charge in [0.05, 0.1) is 18.8 Å². The van der Waals surface area contributed by atoms with E-state index in [9.17, 15) is 9.18 Å². The van der Waals surface area contributed by atoms with Crippen LogP contribution in [0.15, 0.2) is 18.2 Å². The van der Waals surface area contributed by atoms with Crippen LogP contribution >= 0.6 is 0 Å². The first-order chi connectivity index (χ1) is 9.60. The van der Waals surface area contributed by atoms with Gasteiger partial charge >= 0.3 is 5.97 Å². The summed E-state index contributed by atoms with van der Waals surface area (Å²) in [5.41, 5.74) is 0.800. The molecule has 1 atom stereocenters. The van der Waals surface area contributed by atoms with E-state index in [2.05, 4.69) is 9.64 Å². The summed E-state index contributed by atoms with van der Waals surface area (Å²) in [5.74, 6) is -1.19. The maximum Gasteiger partial charge on any atom is 0.340 e. The van der Waals surface area contributed by atoms with E-state index in [4.69, 9.17) is 4.74 Å². The Labute approximate surface area is 118 Å². The van der Waals surface area contributed by atoms with Crippen molar-refractivity contribution in [1.82, 2.24) is 4.90 Å². The van der Waals surface area contributed by atoms with Gasteiger partial charge in [-0.2, -0.15) is 0 Å². The number of halogens is 1. The summed E-state index contributed by atoms with van der Waals surface area (Å²) in [6, 6.07) is 4.61. The van der Waals surface area contributed by atoms with Gasteiger partial charge in [0, 0.05) is 19.7 Å². The fourth-order valence-electron chi connectivity index (χ4n) is 2.44. The lowest BCUT2D eigenvalue weighted by atomic mass is 10.1. The number of benzene rings is 1. The lowest BCUT2D eigenvalue weighted by molar-refractivity contribution is 0.0595. The molecular weight excluding hydrogens is 261 g/mol.